The van der Waals surface area contributed by atoms with Crippen LogP contribution in [0.1, 0.15) is 29.8 Å². The molecule has 0 fully saturated rings. The molecule has 0 saturated carbocycles. The van der Waals surface area contributed by atoms with E-state index in [9.17, 15) is 4.79 Å². The first kappa shape index (κ1) is 13.1. The van der Waals surface area contributed by atoms with Crippen molar-refractivity contribution in [2.24, 2.45) is 0 Å². The Kier molecular flexibility index (Phi) is 3.25. The van der Waals surface area contributed by atoms with Crippen molar-refractivity contribution in [1.29, 1.82) is 0 Å². The maximum Gasteiger partial charge on any atom is 0.176 e. The number of nitrogens with two attached hydrogens (primary N) is 2. The molecular weight excluding hydrogens is 238 g/mol. The molecule has 0 saturated heterocycles. The fraction of sp³-hybridized carbons (Fsp3) is 0.200. The minimum atomic E-state index is -0.676. The minimum Gasteiger partial charge on any atom is -0.399 e. The predicted octanol–water partition coefficient (Wildman–Crippen LogP) is 2.41. The number of hydrogen-bond acceptors (Lipinski definition) is 4. The summed E-state index contributed by atoms with van der Waals surface area (Å²) >= 11 is 0. The van der Waals surface area contributed by atoms with E-state index in [0.717, 1.165) is 5.56 Å². The van der Waals surface area contributed by atoms with Gasteiger partial charge in [0.15, 0.2) is 5.78 Å². The second kappa shape index (κ2) is 4.72. The summed E-state index contributed by atoms with van der Waals surface area (Å²) in [5, 5.41) is 0. The van der Waals surface area contributed by atoms with Crippen molar-refractivity contribution in [2.45, 2.75) is 19.3 Å². The van der Waals surface area contributed by atoms with Gasteiger partial charge in [-0.05, 0) is 37.6 Å². The summed E-state index contributed by atoms with van der Waals surface area (Å²) in [5.41, 5.74) is 13.3. The molecule has 0 aliphatic heterocycles. The van der Waals surface area contributed by atoms with Crippen LogP contribution in [-0.4, -0.2) is 10.8 Å². The van der Waals surface area contributed by atoms with E-state index in [-0.39, 0.29) is 5.78 Å². The Hall–Kier alpha value is -2.36. The summed E-state index contributed by atoms with van der Waals surface area (Å²) in [4.78, 5) is 16.6. The third-order valence-corrected chi connectivity index (χ3v) is 3.30. The van der Waals surface area contributed by atoms with Gasteiger partial charge in [-0.2, -0.15) is 0 Å². The lowest BCUT2D eigenvalue weighted by atomic mass is 9.78. The molecule has 1 heterocycles. The number of anilines is 2. The molecule has 1 aromatic heterocycles. The van der Waals surface area contributed by atoms with Crippen LogP contribution >= 0.6 is 0 Å². The Morgan fingerprint density at radius 2 is 1.74 bits per heavy atom. The fourth-order valence-electron chi connectivity index (χ4n) is 1.96. The molecule has 0 spiro atoms. The highest BCUT2D eigenvalue weighted by Crippen LogP contribution is 2.29. The lowest BCUT2D eigenvalue weighted by molar-refractivity contribution is 0.0909. The summed E-state index contributed by atoms with van der Waals surface area (Å²) in [6.45, 7) is 3.74. The number of Topliss-reactive ketones (excluding diaryl/α,β-unsaturated/α-hetero) is 1. The number of nitrogens with zero attached hydrogens (tertiary/aromatic N) is 1. The van der Waals surface area contributed by atoms with Crippen molar-refractivity contribution in [3.8, 4) is 0 Å². The standard InChI is InChI=1S/C15H17N3O/c1-15(2,10-3-5-11(16)6-4-10)14(19)12-9-18-8-7-13(12)17/h3-9H,16H2,1-2H3,(H2,17,18). The number of hydrogen-bond donors (Lipinski definition) is 2. The van der Waals surface area contributed by atoms with E-state index in [0.29, 0.717) is 16.9 Å². The number of aromatic nitrogens is 1. The van der Waals surface area contributed by atoms with Crippen LogP contribution in [0.2, 0.25) is 0 Å². The Balaban J connectivity index is 2.42. The molecule has 0 bridgehead atoms. The van der Waals surface area contributed by atoms with Crippen LogP contribution in [0.5, 0.6) is 0 Å². The normalized spacial score (nSPS) is 11.3. The number of ketones is 1. The second-order valence-corrected chi connectivity index (χ2v) is 5.04. The number of benzene rings is 1. The monoisotopic (exact) mass is 255 g/mol. The van der Waals surface area contributed by atoms with Crippen LogP contribution in [0.15, 0.2) is 42.7 Å². The zero-order chi connectivity index (χ0) is 14.0. The zero-order valence-electron chi connectivity index (χ0n) is 11.1. The van der Waals surface area contributed by atoms with Gasteiger partial charge in [-0.3, -0.25) is 9.78 Å². The van der Waals surface area contributed by atoms with Gasteiger partial charge in [-0.15, -0.1) is 0 Å². The molecule has 0 atom stereocenters. The lowest BCUT2D eigenvalue weighted by Gasteiger charge is -2.24. The van der Waals surface area contributed by atoms with Crippen molar-refractivity contribution >= 4 is 17.2 Å². The highest BCUT2D eigenvalue weighted by atomic mass is 16.1. The number of nitrogen functional groups attached to an aromatic ring is 2. The average molecular weight is 255 g/mol. The van der Waals surface area contributed by atoms with Gasteiger partial charge in [0, 0.05) is 23.8 Å². The molecule has 19 heavy (non-hydrogen) atoms. The predicted molar refractivity (Wildman–Crippen MR) is 76.9 cm³/mol. The first-order chi connectivity index (χ1) is 8.93. The van der Waals surface area contributed by atoms with E-state index in [1.54, 1.807) is 24.4 Å². The molecular formula is C15H17N3O. The molecule has 4 heteroatoms. The Morgan fingerprint density at radius 1 is 1.11 bits per heavy atom. The molecule has 2 rings (SSSR count). The van der Waals surface area contributed by atoms with Gasteiger partial charge in [0.1, 0.15) is 0 Å². The van der Waals surface area contributed by atoms with E-state index in [2.05, 4.69) is 4.98 Å². The van der Waals surface area contributed by atoms with Gasteiger partial charge >= 0.3 is 0 Å². The van der Waals surface area contributed by atoms with Gasteiger partial charge < -0.3 is 11.5 Å². The van der Waals surface area contributed by atoms with Crippen molar-refractivity contribution in [2.75, 3.05) is 11.5 Å². The lowest BCUT2D eigenvalue weighted by Crippen LogP contribution is -2.29. The molecule has 0 radical (unpaired) electrons. The Bertz CT molecular complexity index is 603. The maximum absolute atomic E-state index is 12.6. The van der Waals surface area contributed by atoms with Gasteiger partial charge in [0.05, 0.1) is 11.0 Å². The van der Waals surface area contributed by atoms with Gasteiger partial charge in [0.25, 0.3) is 0 Å². The second-order valence-electron chi connectivity index (χ2n) is 5.04. The topological polar surface area (TPSA) is 82.0 Å². The van der Waals surface area contributed by atoms with E-state index in [1.807, 2.05) is 26.0 Å². The van der Waals surface area contributed by atoms with Crippen LogP contribution in [0.3, 0.4) is 0 Å². The summed E-state index contributed by atoms with van der Waals surface area (Å²) in [7, 11) is 0. The molecule has 0 aliphatic carbocycles. The molecule has 0 unspecified atom stereocenters. The SMILES string of the molecule is CC(C)(C(=O)c1cnccc1N)c1ccc(N)cc1. The smallest absolute Gasteiger partial charge is 0.176 e. The average Bonchev–Trinajstić information content (AvgIpc) is 2.39. The highest BCUT2D eigenvalue weighted by Gasteiger charge is 2.31. The van der Waals surface area contributed by atoms with E-state index in [1.165, 1.54) is 6.20 Å². The fourth-order valence-corrected chi connectivity index (χ4v) is 1.96. The van der Waals surface area contributed by atoms with Gasteiger partial charge in [-0.1, -0.05) is 12.1 Å². The van der Waals surface area contributed by atoms with E-state index in [4.69, 9.17) is 11.5 Å². The molecule has 0 aliphatic rings. The van der Waals surface area contributed by atoms with Crippen molar-refractivity contribution < 1.29 is 4.79 Å². The Labute approximate surface area is 112 Å². The quantitative estimate of drug-likeness (QED) is 0.651. The van der Waals surface area contributed by atoms with Crippen molar-refractivity contribution in [1.82, 2.24) is 4.98 Å². The first-order valence-corrected chi connectivity index (χ1v) is 6.03. The molecule has 1 aromatic carbocycles. The van der Waals surface area contributed by atoms with Crippen molar-refractivity contribution in [3.05, 3.63) is 53.9 Å². The number of carbonyl (C=O) groups excluding carboxylic acids is 1. The Morgan fingerprint density at radius 3 is 2.32 bits per heavy atom. The first-order valence-electron chi connectivity index (χ1n) is 6.03. The van der Waals surface area contributed by atoms with Crippen LogP contribution in [0, 0.1) is 0 Å². The highest BCUT2D eigenvalue weighted by molar-refractivity contribution is 6.06. The van der Waals surface area contributed by atoms with Crippen LogP contribution in [0.4, 0.5) is 11.4 Å². The molecule has 4 N–H and O–H groups in total. The number of rotatable bonds is 3. The number of carbonyl (C=O) groups is 1. The minimum absolute atomic E-state index is 0.0529. The van der Waals surface area contributed by atoms with Crippen LogP contribution < -0.4 is 11.5 Å². The third kappa shape index (κ3) is 2.42. The number of pyridine rings is 1. The van der Waals surface area contributed by atoms with Crippen LogP contribution in [-0.2, 0) is 5.41 Å². The van der Waals surface area contributed by atoms with Gasteiger partial charge in [-0.25, -0.2) is 0 Å². The van der Waals surface area contributed by atoms with E-state index < -0.39 is 5.41 Å². The van der Waals surface area contributed by atoms with Crippen molar-refractivity contribution in [3.63, 3.8) is 0 Å². The molecule has 2 aromatic rings. The van der Waals surface area contributed by atoms with E-state index >= 15 is 0 Å². The summed E-state index contributed by atoms with van der Waals surface area (Å²) in [6.07, 6.45) is 3.08. The van der Waals surface area contributed by atoms with Crippen LogP contribution in [0.25, 0.3) is 0 Å². The molecule has 0 amide bonds. The maximum atomic E-state index is 12.6. The summed E-state index contributed by atoms with van der Waals surface area (Å²) in [5.74, 6) is -0.0529. The summed E-state index contributed by atoms with van der Waals surface area (Å²) in [6, 6.07) is 8.93. The zero-order valence-corrected chi connectivity index (χ0v) is 11.1. The largest absolute Gasteiger partial charge is 0.399 e. The molecule has 98 valence electrons. The summed E-state index contributed by atoms with van der Waals surface area (Å²) < 4.78 is 0. The third-order valence-electron chi connectivity index (χ3n) is 3.30. The van der Waals surface area contributed by atoms with Gasteiger partial charge in [0.2, 0.25) is 0 Å². The molecule has 4 nitrogen and oxygen atoms in total.